The summed E-state index contributed by atoms with van der Waals surface area (Å²) in [6.07, 6.45) is 3.07. The maximum absolute atomic E-state index is 12.5. The molecular formula is C22H22N2O4. The van der Waals surface area contributed by atoms with Gasteiger partial charge in [0.25, 0.3) is 5.91 Å². The first-order valence-corrected chi connectivity index (χ1v) is 9.37. The van der Waals surface area contributed by atoms with Gasteiger partial charge in [-0.1, -0.05) is 0 Å². The standard InChI is InChI=1S/C22H22N2O4/c1-14-19-11-16(6-9-20(19)24-21(14)12-25)23-22(26)15-4-7-17(8-5-15)28-13-18-3-2-10-27-18/h4-9,11-12,18,24H,2-3,10,13H2,1H3,(H,23,26)/t18-/m0/s1. The highest BCUT2D eigenvalue weighted by molar-refractivity contribution is 6.05. The Bertz CT molecular complexity index is 1000. The molecule has 1 amide bonds. The second-order valence-electron chi connectivity index (χ2n) is 6.97. The number of H-pyrrole nitrogens is 1. The number of ether oxygens (including phenoxy) is 2. The number of rotatable bonds is 6. The summed E-state index contributed by atoms with van der Waals surface area (Å²) in [5.41, 5.74) is 3.51. The van der Waals surface area contributed by atoms with Crippen LogP contribution in [0.15, 0.2) is 42.5 Å². The van der Waals surface area contributed by atoms with Gasteiger partial charge in [-0.05, 0) is 67.8 Å². The summed E-state index contributed by atoms with van der Waals surface area (Å²) in [6, 6.07) is 12.6. The first-order chi connectivity index (χ1) is 13.6. The van der Waals surface area contributed by atoms with E-state index in [1.54, 1.807) is 24.3 Å². The van der Waals surface area contributed by atoms with Crippen LogP contribution in [-0.4, -0.2) is 36.5 Å². The number of hydrogen-bond acceptors (Lipinski definition) is 4. The van der Waals surface area contributed by atoms with Gasteiger partial charge in [-0.25, -0.2) is 0 Å². The van der Waals surface area contributed by atoms with Crippen LogP contribution in [0.3, 0.4) is 0 Å². The molecule has 1 aromatic heterocycles. The Morgan fingerprint density at radius 1 is 1.29 bits per heavy atom. The van der Waals surface area contributed by atoms with Gasteiger partial charge in [0.1, 0.15) is 12.4 Å². The van der Waals surface area contributed by atoms with Crippen LogP contribution < -0.4 is 10.1 Å². The van der Waals surface area contributed by atoms with Crippen molar-refractivity contribution in [2.45, 2.75) is 25.9 Å². The van der Waals surface area contributed by atoms with E-state index in [-0.39, 0.29) is 12.0 Å². The lowest BCUT2D eigenvalue weighted by Crippen LogP contribution is -2.16. The van der Waals surface area contributed by atoms with Crippen LogP contribution in [0.2, 0.25) is 0 Å². The lowest BCUT2D eigenvalue weighted by atomic mass is 10.1. The van der Waals surface area contributed by atoms with Gasteiger partial charge in [-0.3, -0.25) is 9.59 Å². The van der Waals surface area contributed by atoms with E-state index in [4.69, 9.17) is 9.47 Å². The lowest BCUT2D eigenvalue weighted by Gasteiger charge is -2.12. The Hall–Kier alpha value is -3.12. The first-order valence-electron chi connectivity index (χ1n) is 9.37. The summed E-state index contributed by atoms with van der Waals surface area (Å²) < 4.78 is 11.3. The first kappa shape index (κ1) is 18.3. The van der Waals surface area contributed by atoms with Crippen molar-refractivity contribution < 1.29 is 19.1 Å². The van der Waals surface area contributed by atoms with Gasteiger partial charge < -0.3 is 19.8 Å². The molecule has 3 aromatic rings. The molecule has 4 rings (SSSR count). The van der Waals surface area contributed by atoms with E-state index in [0.29, 0.717) is 23.6 Å². The molecule has 1 atom stereocenters. The Kier molecular flexibility index (Phi) is 5.12. The van der Waals surface area contributed by atoms with Crippen LogP contribution in [0, 0.1) is 6.92 Å². The molecule has 0 aliphatic carbocycles. The molecule has 6 heteroatoms. The zero-order chi connectivity index (χ0) is 19.5. The van der Waals surface area contributed by atoms with Crippen molar-refractivity contribution in [2.24, 2.45) is 0 Å². The summed E-state index contributed by atoms with van der Waals surface area (Å²) in [4.78, 5) is 26.7. The van der Waals surface area contributed by atoms with Crippen LogP contribution in [-0.2, 0) is 4.74 Å². The molecule has 6 nitrogen and oxygen atoms in total. The molecule has 2 heterocycles. The van der Waals surface area contributed by atoms with Gasteiger partial charge in [0, 0.05) is 28.8 Å². The quantitative estimate of drug-likeness (QED) is 0.633. The molecule has 0 saturated carbocycles. The van der Waals surface area contributed by atoms with E-state index < -0.39 is 0 Å². The maximum atomic E-state index is 12.5. The minimum atomic E-state index is -0.200. The third-order valence-corrected chi connectivity index (χ3v) is 5.05. The Balaban J connectivity index is 1.42. The molecule has 1 aliphatic heterocycles. The Morgan fingerprint density at radius 3 is 2.82 bits per heavy atom. The predicted octanol–water partition coefficient (Wildman–Crippen LogP) is 4.10. The smallest absolute Gasteiger partial charge is 0.255 e. The number of anilines is 1. The minimum absolute atomic E-state index is 0.162. The van der Waals surface area contributed by atoms with Gasteiger partial charge in [0.2, 0.25) is 0 Å². The second-order valence-corrected chi connectivity index (χ2v) is 6.97. The third kappa shape index (κ3) is 3.77. The molecule has 0 unspecified atom stereocenters. The van der Waals surface area contributed by atoms with E-state index in [1.807, 2.05) is 25.1 Å². The van der Waals surface area contributed by atoms with Crippen molar-refractivity contribution in [3.63, 3.8) is 0 Å². The number of carbonyl (C=O) groups excluding carboxylic acids is 2. The third-order valence-electron chi connectivity index (χ3n) is 5.05. The van der Waals surface area contributed by atoms with E-state index in [0.717, 1.165) is 48.0 Å². The lowest BCUT2D eigenvalue weighted by molar-refractivity contribution is 0.0679. The number of aromatic nitrogens is 1. The maximum Gasteiger partial charge on any atom is 0.255 e. The summed E-state index contributed by atoms with van der Waals surface area (Å²) >= 11 is 0. The summed E-state index contributed by atoms with van der Waals surface area (Å²) in [6.45, 7) is 3.21. The molecule has 0 radical (unpaired) electrons. The molecule has 0 bridgehead atoms. The topological polar surface area (TPSA) is 80.4 Å². The van der Waals surface area contributed by atoms with Crippen LogP contribution in [0.5, 0.6) is 5.75 Å². The zero-order valence-corrected chi connectivity index (χ0v) is 15.7. The molecule has 28 heavy (non-hydrogen) atoms. The predicted molar refractivity (Wildman–Crippen MR) is 107 cm³/mol. The van der Waals surface area contributed by atoms with Crippen molar-refractivity contribution in [3.05, 3.63) is 59.3 Å². The van der Waals surface area contributed by atoms with Gasteiger partial charge in [0.05, 0.1) is 11.8 Å². The Labute approximate surface area is 162 Å². The molecule has 1 aliphatic rings. The number of carbonyl (C=O) groups is 2. The van der Waals surface area contributed by atoms with Crippen LogP contribution in [0.4, 0.5) is 5.69 Å². The highest BCUT2D eigenvalue weighted by Gasteiger charge is 2.16. The van der Waals surface area contributed by atoms with Crippen molar-refractivity contribution in [1.29, 1.82) is 0 Å². The number of hydrogen-bond donors (Lipinski definition) is 2. The monoisotopic (exact) mass is 378 g/mol. The number of benzene rings is 2. The van der Waals surface area contributed by atoms with Crippen molar-refractivity contribution in [3.8, 4) is 5.75 Å². The van der Waals surface area contributed by atoms with Crippen LogP contribution in [0.1, 0.15) is 39.3 Å². The number of aryl methyl sites for hydroxylation is 1. The van der Waals surface area contributed by atoms with E-state index in [2.05, 4.69) is 10.3 Å². The average molecular weight is 378 g/mol. The van der Waals surface area contributed by atoms with Crippen molar-refractivity contribution >= 4 is 28.8 Å². The molecule has 2 N–H and O–H groups in total. The van der Waals surface area contributed by atoms with Gasteiger partial charge in [-0.15, -0.1) is 0 Å². The highest BCUT2D eigenvalue weighted by atomic mass is 16.5. The minimum Gasteiger partial charge on any atom is -0.491 e. The largest absolute Gasteiger partial charge is 0.491 e. The number of nitrogens with one attached hydrogen (secondary N) is 2. The SMILES string of the molecule is Cc1c(C=O)[nH]c2ccc(NC(=O)c3ccc(OC[C@@H]4CCCO4)cc3)cc12. The number of amides is 1. The fourth-order valence-electron chi connectivity index (χ4n) is 3.41. The molecule has 2 aromatic carbocycles. The number of fused-ring (bicyclic) bond motifs is 1. The van der Waals surface area contributed by atoms with Crippen molar-refractivity contribution in [2.75, 3.05) is 18.5 Å². The molecular weight excluding hydrogens is 356 g/mol. The average Bonchev–Trinajstić information content (AvgIpc) is 3.35. The molecule has 144 valence electrons. The summed E-state index contributed by atoms with van der Waals surface area (Å²) in [5, 5.41) is 3.81. The molecule has 1 saturated heterocycles. The van der Waals surface area contributed by atoms with Gasteiger partial charge >= 0.3 is 0 Å². The van der Waals surface area contributed by atoms with Crippen LogP contribution in [0.25, 0.3) is 10.9 Å². The normalized spacial score (nSPS) is 16.2. The summed E-state index contributed by atoms with van der Waals surface area (Å²) in [7, 11) is 0. The second kappa shape index (κ2) is 7.86. The van der Waals surface area contributed by atoms with E-state index >= 15 is 0 Å². The molecule has 0 spiro atoms. The van der Waals surface area contributed by atoms with Crippen LogP contribution >= 0.6 is 0 Å². The van der Waals surface area contributed by atoms with Gasteiger partial charge in [0.15, 0.2) is 6.29 Å². The highest BCUT2D eigenvalue weighted by Crippen LogP contribution is 2.25. The number of aldehydes is 1. The van der Waals surface area contributed by atoms with E-state index in [9.17, 15) is 9.59 Å². The fraction of sp³-hybridized carbons (Fsp3) is 0.273. The summed E-state index contributed by atoms with van der Waals surface area (Å²) in [5.74, 6) is 0.520. The van der Waals surface area contributed by atoms with Gasteiger partial charge in [-0.2, -0.15) is 0 Å². The number of aromatic amines is 1. The Morgan fingerprint density at radius 2 is 2.11 bits per heavy atom. The van der Waals surface area contributed by atoms with Crippen molar-refractivity contribution in [1.82, 2.24) is 4.98 Å². The molecule has 1 fully saturated rings. The van der Waals surface area contributed by atoms with E-state index in [1.165, 1.54) is 0 Å². The zero-order valence-electron chi connectivity index (χ0n) is 15.7. The fourth-order valence-corrected chi connectivity index (χ4v) is 3.41.